The second-order valence-corrected chi connectivity index (χ2v) is 5.14. The van der Waals surface area contributed by atoms with Crippen molar-refractivity contribution in [3.63, 3.8) is 0 Å². The Labute approximate surface area is 119 Å². The summed E-state index contributed by atoms with van der Waals surface area (Å²) in [6.45, 7) is 3.48. The van der Waals surface area contributed by atoms with Gasteiger partial charge >= 0.3 is 0 Å². The van der Waals surface area contributed by atoms with Gasteiger partial charge in [0, 0.05) is 6.54 Å². The van der Waals surface area contributed by atoms with Crippen molar-refractivity contribution < 1.29 is 9.53 Å². The first-order chi connectivity index (χ1) is 9.75. The van der Waals surface area contributed by atoms with Gasteiger partial charge < -0.3 is 21.1 Å². The van der Waals surface area contributed by atoms with E-state index < -0.39 is 0 Å². The molecule has 0 aromatic heterocycles. The van der Waals surface area contributed by atoms with E-state index in [-0.39, 0.29) is 12.3 Å². The smallest absolute Gasteiger partial charge is 0.220 e. The molecule has 0 unspecified atom stereocenters. The summed E-state index contributed by atoms with van der Waals surface area (Å²) in [5.41, 5.74) is 6.09. The van der Waals surface area contributed by atoms with Gasteiger partial charge in [-0.2, -0.15) is 0 Å². The van der Waals surface area contributed by atoms with E-state index in [1.165, 1.54) is 12.8 Å². The van der Waals surface area contributed by atoms with E-state index in [0.29, 0.717) is 12.5 Å². The van der Waals surface area contributed by atoms with Crippen molar-refractivity contribution in [3.8, 4) is 5.75 Å². The number of piperidine rings is 1. The van der Waals surface area contributed by atoms with E-state index in [1.54, 1.807) is 0 Å². The lowest BCUT2D eigenvalue weighted by molar-refractivity contribution is -0.118. The molecular formula is C15H23N3O2. The molecule has 1 saturated heterocycles. The first kappa shape index (κ1) is 14.7. The van der Waals surface area contributed by atoms with Gasteiger partial charge in [-0.05, 0) is 44.0 Å². The number of amides is 1. The Bertz CT molecular complexity index is 431. The summed E-state index contributed by atoms with van der Waals surface area (Å²) in [5.74, 6) is 1.14. The lowest BCUT2D eigenvalue weighted by Gasteiger charge is -2.23. The number of benzene rings is 1. The van der Waals surface area contributed by atoms with Gasteiger partial charge in [0.2, 0.25) is 5.91 Å². The minimum atomic E-state index is -0.342. The second-order valence-electron chi connectivity index (χ2n) is 5.14. The van der Waals surface area contributed by atoms with Crippen LogP contribution in [0.4, 0.5) is 5.69 Å². The maximum Gasteiger partial charge on any atom is 0.220 e. The Morgan fingerprint density at radius 1 is 1.35 bits per heavy atom. The molecule has 5 nitrogen and oxygen atoms in total. The number of anilines is 1. The number of carbonyl (C=O) groups is 1. The highest BCUT2D eigenvalue weighted by molar-refractivity contribution is 5.73. The number of carbonyl (C=O) groups excluding carboxylic acids is 1. The lowest BCUT2D eigenvalue weighted by Crippen LogP contribution is -2.31. The summed E-state index contributed by atoms with van der Waals surface area (Å²) in [6, 6.07) is 7.81. The SMILES string of the molecule is NC(=O)CCOc1ccccc1NCC1CCNCC1. The molecule has 2 rings (SSSR count). The van der Waals surface area contributed by atoms with Crippen LogP contribution in [0.5, 0.6) is 5.75 Å². The van der Waals surface area contributed by atoms with Crippen molar-refractivity contribution in [3.05, 3.63) is 24.3 Å². The van der Waals surface area contributed by atoms with Gasteiger partial charge in [-0.3, -0.25) is 4.79 Å². The van der Waals surface area contributed by atoms with Gasteiger partial charge in [-0.15, -0.1) is 0 Å². The van der Waals surface area contributed by atoms with Crippen LogP contribution >= 0.6 is 0 Å². The van der Waals surface area contributed by atoms with Gasteiger partial charge in [-0.1, -0.05) is 12.1 Å². The molecule has 0 spiro atoms. The van der Waals surface area contributed by atoms with Crippen LogP contribution < -0.4 is 21.1 Å². The van der Waals surface area contributed by atoms with Crippen molar-refractivity contribution in [2.45, 2.75) is 19.3 Å². The van der Waals surface area contributed by atoms with Crippen molar-refractivity contribution in [2.75, 3.05) is 31.6 Å². The largest absolute Gasteiger partial charge is 0.491 e. The molecule has 0 atom stereocenters. The van der Waals surface area contributed by atoms with Crippen LogP contribution in [0.2, 0.25) is 0 Å². The number of primary amides is 1. The fourth-order valence-corrected chi connectivity index (χ4v) is 2.34. The van der Waals surface area contributed by atoms with Crippen molar-refractivity contribution in [2.24, 2.45) is 11.7 Å². The lowest BCUT2D eigenvalue weighted by atomic mass is 9.98. The maximum atomic E-state index is 10.7. The minimum Gasteiger partial charge on any atom is -0.491 e. The van der Waals surface area contributed by atoms with Crippen molar-refractivity contribution >= 4 is 11.6 Å². The number of rotatable bonds is 7. The number of para-hydroxylation sites is 2. The van der Waals surface area contributed by atoms with E-state index >= 15 is 0 Å². The molecule has 1 fully saturated rings. The number of hydrogen-bond acceptors (Lipinski definition) is 4. The van der Waals surface area contributed by atoms with Gasteiger partial charge in [0.15, 0.2) is 0 Å². The van der Waals surface area contributed by atoms with Crippen LogP contribution in [0, 0.1) is 5.92 Å². The highest BCUT2D eigenvalue weighted by Crippen LogP contribution is 2.25. The van der Waals surface area contributed by atoms with Gasteiger partial charge in [0.05, 0.1) is 18.7 Å². The molecule has 110 valence electrons. The molecule has 20 heavy (non-hydrogen) atoms. The summed E-state index contributed by atoms with van der Waals surface area (Å²) in [4.78, 5) is 10.7. The monoisotopic (exact) mass is 277 g/mol. The first-order valence-electron chi connectivity index (χ1n) is 7.20. The molecule has 4 N–H and O–H groups in total. The van der Waals surface area contributed by atoms with E-state index in [0.717, 1.165) is 31.1 Å². The van der Waals surface area contributed by atoms with Crippen LogP contribution in [0.25, 0.3) is 0 Å². The van der Waals surface area contributed by atoms with Crippen LogP contribution in [-0.4, -0.2) is 32.1 Å². The highest BCUT2D eigenvalue weighted by atomic mass is 16.5. The average molecular weight is 277 g/mol. The third-order valence-corrected chi connectivity index (χ3v) is 3.53. The summed E-state index contributed by atoms with van der Waals surface area (Å²) in [5, 5.41) is 6.82. The average Bonchev–Trinajstić information content (AvgIpc) is 2.47. The zero-order valence-corrected chi connectivity index (χ0v) is 11.7. The van der Waals surface area contributed by atoms with Gasteiger partial charge in [0.25, 0.3) is 0 Å². The second kappa shape index (κ2) is 7.75. The molecule has 1 heterocycles. The topological polar surface area (TPSA) is 76.4 Å². The number of ether oxygens (including phenoxy) is 1. The van der Waals surface area contributed by atoms with Crippen LogP contribution in [-0.2, 0) is 4.79 Å². The minimum absolute atomic E-state index is 0.239. The van der Waals surface area contributed by atoms with Gasteiger partial charge in [0.1, 0.15) is 5.75 Å². The summed E-state index contributed by atoms with van der Waals surface area (Å²) in [6.07, 6.45) is 2.65. The van der Waals surface area contributed by atoms with E-state index in [4.69, 9.17) is 10.5 Å². The standard InChI is InChI=1S/C15H23N3O2/c16-15(19)7-10-20-14-4-2-1-3-13(14)18-11-12-5-8-17-9-6-12/h1-4,12,17-18H,5-11H2,(H2,16,19). The fraction of sp³-hybridized carbons (Fsp3) is 0.533. The predicted octanol–water partition coefficient (Wildman–Crippen LogP) is 1.35. The predicted molar refractivity (Wildman–Crippen MR) is 79.8 cm³/mol. The molecule has 0 bridgehead atoms. The molecule has 0 radical (unpaired) electrons. The quantitative estimate of drug-likeness (QED) is 0.703. The van der Waals surface area contributed by atoms with Gasteiger partial charge in [-0.25, -0.2) is 0 Å². The summed E-state index contributed by atoms with van der Waals surface area (Å²) in [7, 11) is 0. The Kier molecular flexibility index (Phi) is 5.68. The van der Waals surface area contributed by atoms with E-state index in [1.807, 2.05) is 24.3 Å². The van der Waals surface area contributed by atoms with Crippen molar-refractivity contribution in [1.29, 1.82) is 0 Å². The zero-order chi connectivity index (χ0) is 14.2. The molecule has 1 aromatic carbocycles. The molecule has 1 amide bonds. The Hall–Kier alpha value is -1.75. The van der Waals surface area contributed by atoms with Crippen LogP contribution in [0.3, 0.4) is 0 Å². The number of nitrogens with one attached hydrogen (secondary N) is 2. The molecule has 1 aliphatic heterocycles. The first-order valence-corrected chi connectivity index (χ1v) is 7.20. The normalized spacial score (nSPS) is 15.8. The Balaban J connectivity index is 1.84. The zero-order valence-electron chi connectivity index (χ0n) is 11.7. The third kappa shape index (κ3) is 4.74. The van der Waals surface area contributed by atoms with E-state index in [2.05, 4.69) is 10.6 Å². The molecular weight excluding hydrogens is 254 g/mol. The molecule has 1 aromatic rings. The van der Waals surface area contributed by atoms with Crippen molar-refractivity contribution in [1.82, 2.24) is 5.32 Å². The third-order valence-electron chi connectivity index (χ3n) is 3.53. The van der Waals surface area contributed by atoms with Crippen LogP contribution in [0.1, 0.15) is 19.3 Å². The van der Waals surface area contributed by atoms with Crippen LogP contribution in [0.15, 0.2) is 24.3 Å². The van der Waals surface area contributed by atoms with E-state index in [9.17, 15) is 4.79 Å². The number of hydrogen-bond donors (Lipinski definition) is 3. The number of nitrogens with two attached hydrogens (primary N) is 1. The molecule has 0 saturated carbocycles. The molecule has 5 heteroatoms. The molecule has 1 aliphatic rings. The molecule has 0 aliphatic carbocycles. The summed E-state index contributed by atoms with van der Waals surface area (Å²) < 4.78 is 5.61. The summed E-state index contributed by atoms with van der Waals surface area (Å²) >= 11 is 0. The highest BCUT2D eigenvalue weighted by Gasteiger charge is 2.13. The fourth-order valence-electron chi connectivity index (χ4n) is 2.34. The maximum absolute atomic E-state index is 10.7. The Morgan fingerprint density at radius 3 is 2.85 bits per heavy atom. The Morgan fingerprint density at radius 2 is 2.10 bits per heavy atom.